The highest BCUT2D eigenvalue weighted by Crippen LogP contribution is 2.42. The highest BCUT2D eigenvalue weighted by atomic mass is 31.2. The van der Waals surface area contributed by atoms with Crippen LogP contribution in [0.1, 0.15) is 18.9 Å². The molecule has 0 unspecified atom stereocenters. The average Bonchev–Trinajstić information content (AvgIpc) is 2.20. The third kappa shape index (κ3) is 4.88. The molecule has 0 saturated heterocycles. The molecule has 0 fully saturated rings. The van der Waals surface area contributed by atoms with Gasteiger partial charge in [0.05, 0.1) is 5.66 Å². The summed E-state index contributed by atoms with van der Waals surface area (Å²) < 4.78 is 11.0. The van der Waals surface area contributed by atoms with Gasteiger partial charge in [0.1, 0.15) is 0 Å². The van der Waals surface area contributed by atoms with Crippen molar-refractivity contribution in [1.82, 2.24) is 0 Å². The summed E-state index contributed by atoms with van der Waals surface area (Å²) in [5, 5.41) is 0. The first-order valence-electron chi connectivity index (χ1n) is 5.44. The molecule has 0 saturated carbocycles. The van der Waals surface area contributed by atoms with Gasteiger partial charge in [0, 0.05) is 11.7 Å². The van der Waals surface area contributed by atoms with Gasteiger partial charge in [0.25, 0.3) is 0 Å². The maximum absolute atomic E-state index is 11.0. The molecule has 0 radical (unpaired) electrons. The van der Waals surface area contributed by atoms with Crippen molar-refractivity contribution in [2.24, 2.45) is 5.73 Å². The van der Waals surface area contributed by atoms with E-state index < -0.39 is 13.3 Å². The molecule has 0 aromatic heterocycles. The zero-order valence-corrected chi connectivity index (χ0v) is 10.7. The van der Waals surface area contributed by atoms with Gasteiger partial charge in [-0.25, -0.2) is 0 Å². The molecule has 0 aliphatic rings. The molecule has 2 atom stereocenters. The molecular formula is C11H19N2O3P. The zero-order chi connectivity index (χ0) is 13.1. The SMILES string of the molecule is C[C@H](C[C@@H](N)Cc1ccc(N)cc1)P(=O)(O)O. The lowest BCUT2D eigenvalue weighted by Gasteiger charge is -2.18. The summed E-state index contributed by atoms with van der Waals surface area (Å²) in [6, 6.07) is 7.05. The lowest BCUT2D eigenvalue weighted by molar-refractivity contribution is 0.353. The molecule has 6 N–H and O–H groups in total. The van der Waals surface area contributed by atoms with E-state index in [1.54, 1.807) is 12.1 Å². The van der Waals surface area contributed by atoms with E-state index in [4.69, 9.17) is 21.3 Å². The third-order valence-corrected chi connectivity index (χ3v) is 4.05. The van der Waals surface area contributed by atoms with Crippen LogP contribution in [-0.2, 0) is 11.0 Å². The second kappa shape index (κ2) is 5.65. The second-order valence-corrected chi connectivity index (χ2v) is 6.44. The van der Waals surface area contributed by atoms with Crippen LogP contribution in [0.4, 0.5) is 5.69 Å². The van der Waals surface area contributed by atoms with Gasteiger partial charge in [0.2, 0.25) is 0 Å². The smallest absolute Gasteiger partial charge is 0.328 e. The predicted octanol–water partition coefficient (Wildman–Crippen LogP) is 1.09. The molecular weight excluding hydrogens is 239 g/mol. The lowest BCUT2D eigenvalue weighted by atomic mass is 10.0. The Kier molecular flexibility index (Phi) is 4.71. The standard InChI is InChI=1S/C11H19N2O3P/c1-8(17(14,15)16)6-11(13)7-9-2-4-10(12)5-3-9/h2-5,8,11H,6-7,12-13H2,1H3,(H2,14,15,16)/t8-,11-/m1/s1. The minimum atomic E-state index is -4.02. The number of hydrogen-bond donors (Lipinski definition) is 4. The Labute approximate surface area is 101 Å². The summed E-state index contributed by atoms with van der Waals surface area (Å²) >= 11 is 0. The molecule has 0 aliphatic carbocycles. The van der Waals surface area contributed by atoms with E-state index in [0.717, 1.165) is 5.56 Å². The summed E-state index contributed by atoms with van der Waals surface area (Å²) in [7, 11) is -4.02. The first-order valence-corrected chi connectivity index (χ1v) is 7.12. The number of rotatable bonds is 5. The Morgan fingerprint density at radius 1 is 1.29 bits per heavy atom. The summed E-state index contributed by atoms with van der Waals surface area (Å²) in [6.45, 7) is 1.52. The quantitative estimate of drug-likeness (QED) is 0.467. The van der Waals surface area contributed by atoms with E-state index in [2.05, 4.69) is 0 Å². The van der Waals surface area contributed by atoms with Crippen molar-refractivity contribution in [3.05, 3.63) is 29.8 Å². The van der Waals surface area contributed by atoms with Crippen LogP contribution in [0.2, 0.25) is 0 Å². The Morgan fingerprint density at radius 3 is 2.29 bits per heavy atom. The predicted molar refractivity (Wildman–Crippen MR) is 68.7 cm³/mol. The highest BCUT2D eigenvalue weighted by molar-refractivity contribution is 7.52. The van der Waals surface area contributed by atoms with Crippen LogP contribution >= 0.6 is 7.60 Å². The molecule has 0 aliphatic heterocycles. The Hall–Kier alpha value is -0.870. The molecule has 5 nitrogen and oxygen atoms in total. The molecule has 0 heterocycles. The average molecular weight is 258 g/mol. The number of nitrogen functional groups attached to an aromatic ring is 1. The van der Waals surface area contributed by atoms with Crippen molar-refractivity contribution < 1.29 is 14.4 Å². The fourth-order valence-electron chi connectivity index (χ4n) is 1.62. The van der Waals surface area contributed by atoms with Crippen molar-refractivity contribution in [1.29, 1.82) is 0 Å². The number of nitrogens with two attached hydrogens (primary N) is 2. The van der Waals surface area contributed by atoms with Crippen LogP contribution in [0, 0.1) is 0 Å². The second-order valence-electron chi connectivity index (χ2n) is 4.38. The van der Waals surface area contributed by atoms with E-state index in [-0.39, 0.29) is 6.04 Å². The van der Waals surface area contributed by atoms with Gasteiger partial charge < -0.3 is 21.3 Å². The van der Waals surface area contributed by atoms with Crippen molar-refractivity contribution in [2.45, 2.75) is 31.5 Å². The van der Waals surface area contributed by atoms with Gasteiger partial charge in [-0.2, -0.15) is 0 Å². The highest BCUT2D eigenvalue weighted by Gasteiger charge is 2.25. The van der Waals surface area contributed by atoms with Gasteiger partial charge in [-0.1, -0.05) is 19.1 Å². The van der Waals surface area contributed by atoms with Crippen LogP contribution in [0.15, 0.2) is 24.3 Å². The maximum Gasteiger partial charge on any atom is 0.328 e. The molecule has 1 aromatic rings. The Morgan fingerprint density at radius 2 is 1.82 bits per heavy atom. The Bertz CT molecular complexity index is 402. The van der Waals surface area contributed by atoms with Gasteiger partial charge in [-0.3, -0.25) is 4.57 Å². The van der Waals surface area contributed by atoms with E-state index in [1.165, 1.54) is 6.92 Å². The minimum Gasteiger partial charge on any atom is -0.399 e. The molecule has 0 amide bonds. The fraction of sp³-hybridized carbons (Fsp3) is 0.455. The van der Waals surface area contributed by atoms with Crippen molar-refractivity contribution in [2.75, 3.05) is 5.73 Å². The Balaban J connectivity index is 2.53. The van der Waals surface area contributed by atoms with Crippen molar-refractivity contribution in [3.63, 3.8) is 0 Å². The molecule has 96 valence electrons. The largest absolute Gasteiger partial charge is 0.399 e. The number of anilines is 1. The number of benzene rings is 1. The molecule has 1 rings (SSSR count). The molecule has 17 heavy (non-hydrogen) atoms. The van der Waals surface area contributed by atoms with Gasteiger partial charge >= 0.3 is 7.60 Å². The van der Waals surface area contributed by atoms with Gasteiger partial charge in [0.15, 0.2) is 0 Å². The van der Waals surface area contributed by atoms with Crippen molar-refractivity contribution >= 4 is 13.3 Å². The fourth-order valence-corrected chi connectivity index (χ4v) is 2.16. The minimum absolute atomic E-state index is 0.263. The van der Waals surface area contributed by atoms with Crippen molar-refractivity contribution in [3.8, 4) is 0 Å². The van der Waals surface area contributed by atoms with Crippen LogP contribution in [-0.4, -0.2) is 21.5 Å². The molecule has 0 bridgehead atoms. The van der Waals surface area contributed by atoms with E-state index >= 15 is 0 Å². The first-order chi connectivity index (χ1) is 7.79. The third-order valence-electron chi connectivity index (χ3n) is 2.70. The first kappa shape index (κ1) is 14.2. The maximum atomic E-state index is 11.0. The number of hydrogen-bond acceptors (Lipinski definition) is 3. The topological polar surface area (TPSA) is 110 Å². The van der Waals surface area contributed by atoms with Gasteiger partial charge in [-0.05, 0) is 30.5 Å². The normalized spacial score (nSPS) is 15.5. The zero-order valence-electron chi connectivity index (χ0n) is 9.78. The van der Waals surface area contributed by atoms with E-state index in [9.17, 15) is 4.57 Å². The summed E-state index contributed by atoms with van der Waals surface area (Å²) in [6.07, 6.45) is 0.888. The van der Waals surface area contributed by atoms with Crippen LogP contribution in [0.5, 0.6) is 0 Å². The lowest BCUT2D eigenvalue weighted by Crippen LogP contribution is -2.27. The van der Waals surface area contributed by atoms with E-state index in [0.29, 0.717) is 18.5 Å². The van der Waals surface area contributed by atoms with Crippen LogP contribution in [0.25, 0.3) is 0 Å². The molecule has 0 spiro atoms. The summed E-state index contributed by atoms with van der Waals surface area (Å²) in [4.78, 5) is 18.0. The monoisotopic (exact) mass is 258 g/mol. The van der Waals surface area contributed by atoms with E-state index in [1.807, 2.05) is 12.1 Å². The van der Waals surface area contributed by atoms with Crippen LogP contribution < -0.4 is 11.5 Å². The molecule has 6 heteroatoms. The van der Waals surface area contributed by atoms with Crippen LogP contribution in [0.3, 0.4) is 0 Å². The summed E-state index contributed by atoms with van der Waals surface area (Å²) in [5.41, 5.74) is 12.4. The van der Waals surface area contributed by atoms with Gasteiger partial charge in [-0.15, -0.1) is 0 Å². The molecule has 1 aromatic carbocycles. The summed E-state index contributed by atoms with van der Waals surface area (Å²) in [5.74, 6) is 0.